The quantitative estimate of drug-likeness (QED) is 0.399. The van der Waals surface area contributed by atoms with Gasteiger partial charge in [0.05, 0.1) is 6.20 Å². The van der Waals surface area contributed by atoms with Gasteiger partial charge in [-0.05, 0) is 36.8 Å². The molecule has 0 aliphatic rings. The summed E-state index contributed by atoms with van der Waals surface area (Å²) in [6, 6.07) is 9.14. The third-order valence-electron chi connectivity index (χ3n) is 4.60. The lowest BCUT2D eigenvalue weighted by molar-refractivity contribution is 0.478. The van der Waals surface area contributed by atoms with Crippen molar-refractivity contribution in [2.45, 2.75) is 12.1 Å². The van der Waals surface area contributed by atoms with E-state index < -0.39 is 9.84 Å². The second-order valence-electron chi connectivity index (χ2n) is 7.01. The van der Waals surface area contributed by atoms with Crippen molar-refractivity contribution in [2.24, 2.45) is 0 Å². The molecular formula is C20H16N8O3S. The highest BCUT2D eigenvalue weighted by molar-refractivity contribution is 7.90. The Bertz CT molecular complexity index is 1580. The second kappa shape index (κ2) is 7.50. The van der Waals surface area contributed by atoms with Gasteiger partial charge in [-0.15, -0.1) is 0 Å². The van der Waals surface area contributed by atoms with Gasteiger partial charge in [0.2, 0.25) is 15.0 Å². The Balaban J connectivity index is 1.43. The van der Waals surface area contributed by atoms with E-state index in [1.54, 1.807) is 22.8 Å². The van der Waals surface area contributed by atoms with Crippen LogP contribution in [0.2, 0.25) is 0 Å². The van der Waals surface area contributed by atoms with Crippen LogP contribution >= 0.6 is 0 Å². The predicted molar refractivity (Wildman–Crippen MR) is 116 cm³/mol. The molecule has 1 N–H and O–H groups in total. The SMILES string of the molecule is Cc1cc(Nc2ncnc3cnc(S(C)(=O)=O)nc23)ccc1Oc1ccn2ncnc2c1. The number of hydrogen-bond acceptors (Lipinski definition) is 10. The number of aryl methyl sites for hydroxylation is 1. The first kappa shape index (κ1) is 19.8. The van der Waals surface area contributed by atoms with E-state index in [1.165, 1.54) is 18.9 Å². The number of nitrogens with one attached hydrogen (secondary N) is 1. The van der Waals surface area contributed by atoms with Crippen LogP contribution in [0.15, 0.2) is 60.5 Å². The molecule has 32 heavy (non-hydrogen) atoms. The molecule has 0 radical (unpaired) electrons. The number of sulfone groups is 1. The number of hydrogen-bond donors (Lipinski definition) is 1. The maximum atomic E-state index is 11.8. The molecule has 0 aliphatic heterocycles. The van der Waals surface area contributed by atoms with E-state index in [-0.39, 0.29) is 5.16 Å². The van der Waals surface area contributed by atoms with E-state index in [0.717, 1.165) is 17.5 Å². The molecule has 0 bridgehead atoms. The number of pyridine rings is 1. The minimum Gasteiger partial charge on any atom is -0.457 e. The van der Waals surface area contributed by atoms with Gasteiger partial charge >= 0.3 is 0 Å². The van der Waals surface area contributed by atoms with E-state index in [9.17, 15) is 8.42 Å². The van der Waals surface area contributed by atoms with Crippen LogP contribution < -0.4 is 10.1 Å². The van der Waals surface area contributed by atoms with Crippen molar-refractivity contribution >= 4 is 38.0 Å². The molecular weight excluding hydrogens is 432 g/mol. The normalized spacial score (nSPS) is 11.7. The van der Waals surface area contributed by atoms with Gasteiger partial charge in [-0.2, -0.15) is 5.10 Å². The summed E-state index contributed by atoms with van der Waals surface area (Å²) in [5.41, 5.74) is 3.02. The molecule has 160 valence electrons. The van der Waals surface area contributed by atoms with Crippen LogP contribution in [0.4, 0.5) is 11.5 Å². The van der Waals surface area contributed by atoms with Gasteiger partial charge in [0, 0.05) is 24.2 Å². The molecule has 12 heteroatoms. The molecule has 0 spiro atoms. The zero-order valence-electron chi connectivity index (χ0n) is 17.0. The summed E-state index contributed by atoms with van der Waals surface area (Å²) in [4.78, 5) is 20.5. The summed E-state index contributed by atoms with van der Waals surface area (Å²) in [5.74, 6) is 1.68. The van der Waals surface area contributed by atoms with Crippen LogP contribution in [-0.4, -0.2) is 49.2 Å². The molecule has 0 fully saturated rings. The summed E-state index contributed by atoms with van der Waals surface area (Å²) < 4.78 is 31.3. The van der Waals surface area contributed by atoms with Crippen LogP contribution in [0.3, 0.4) is 0 Å². The average molecular weight is 448 g/mol. The lowest BCUT2D eigenvalue weighted by Crippen LogP contribution is -2.06. The molecule has 11 nitrogen and oxygen atoms in total. The van der Waals surface area contributed by atoms with Gasteiger partial charge < -0.3 is 10.1 Å². The number of rotatable bonds is 5. The van der Waals surface area contributed by atoms with E-state index in [0.29, 0.717) is 34.0 Å². The summed E-state index contributed by atoms with van der Waals surface area (Å²) in [6.45, 7) is 1.91. The molecule has 0 amide bonds. The molecule has 4 aromatic heterocycles. The summed E-state index contributed by atoms with van der Waals surface area (Å²) >= 11 is 0. The largest absolute Gasteiger partial charge is 0.457 e. The number of benzene rings is 1. The minimum absolute atomic E-state index is 0.285. The van der Waals surface area contributed by atoms with Gasteiger partial charge in [-0.1, -0.05) is 0 Å². The Morgan fingerprint density at radius 1 is 1.03 bits per heavy atom. The average Bonchev–Trinajstić information content (AvgIpc) is 3.23. The number of ether oxygens (including phenoxy) is 1. The van der Waals surface area contributed by atoms with Gasteiger partial charge in [0.15, 0.2) is 11.5 Å². The van der Waals surface area contributed by atoms with Crippen LogP contribution in [0, 0.1) is 6.92 Å². The van der Waals surface area contributed by atoms with Crippen molar-refractivity contribution < 1.29 is 13.2 Å². The molecule has 1 aromatic carbocycles. The topological polar surface area (TPSA) is 137 Å². The van der Waals surface area contributed by atoms with Crippen molar-refractivity contribution in [3.8, 4) is 11.5 Å². The number of anilines is 2. The Morgan fingerprint density at radius 2 is 1.91 bits per heavy atom. The number of aromatic nitrogens is 7. The highest BCUT2D eigenvalue weighted by Gasteiger charge is 2.15. The lowest BCUT2D eigenvalue weighted by Gasteiger charge is -2.12. The summed E-state index contributed by atoms with van der Waals surface area (Å²) in [6.07, 6.45) is 7.02. The van der Waals surface area contributed by atoms with Gasteiger partial charge in [-0.25, -0.2) is 37.9 Å². The van der Waals surface area contributed by atoms with E-state index >= 15 is 0 Å². The van der Waals surface area contributed by atoms with Crippen molar-refractivity contribution in [2.75, 3.05) is 11.6 Å². The molecule has 5 aromatic rings. The molecule has 0 atom stereocenters. The molecule has 4 heterocycles. The van der Waals surface area contributed by atoms with Crippen molar-refractivity contribution in [1.29, 1.82) is 0 Å². The first-order valence-electron chi connectivity index (χ1n) is 9.39. The smallest absolute Gasteiger partial charge is 0.247 e. The fraction of sp³-hybridized carbons (Fsp3) is 0.100. The Morgan fingerprint density at radius 3 is 2.72 bits per heavy atom. The van der Waals surface area contributed by atoms with Gasteiger partial charge in [0.25, 0.3) is 0 Å². The zero-order valence-corrected chi connectivity index (χ0v) is 17.8. The van der Waals surface area contributed by atoms with E-state index in [4.69, 9.17) is 4.74 Å². The molecule has 0 saturated heterocycles. The Hall–Kier alpha value is -4.19. The van der Waals surface area contributed by atoms with Crippen LogP contribution in [0.5, 0.6) is 11.5 Å². The second-order valence-corrected chi connectivity index (χ2v) is 8.92. The maximum absolute atomic E-state index is 11.8. The Kier molecular flexibility index (Phi) is 4.63. The maximum Gasteiger partial charge on any atom is 0.247 e. The van der Waals surface area contributed by atoms with Crippen LogP contribution in [0.1, 0.15) is 5.56 Å². The lowest BCUT2D eigenvalue weighted by atomic mass is 10.2. The van der Waals surface area contributed by atoms with Gasteiger partial charge in [-0.3, -0.25) is 0 Å². The third kappa shape index (κ3) is 3.78. The van der Waals surface area contributed by atoms with Crippen LogP contribution in [0.25, 0.3) is 16.7 Å². The zero-order chi connectivity index (χ0) is 22.3. The van der Waals surface area contributed by atoms with Crippen molar-refractivity contribution in [1.82, 2.24) is 34.5 Å². The first-order chi connectivity index (χ1) is 15.4. The van der Waals surface area contributed by atoms with Crippen molar-refractivity contribution in [3.63, 3.8) is 0 Å². The van der Waals surface area contributed by atoms with E-state index in [2.05, 4.69) is 35.3 Å². The first-order valence-corrected chi connectivity index (χ1v) is 11.3. The molecule has 0 aliphatic carbocycles. The third-order valence-corrected chi connectivity index (χ3v) is 5.46. The minimum atomic E-state index is -3.57. The standard InChI is InChI=1S/C20H16N8O3S/c1-12-7-13(3-4-16(12)31-14-5-6-28-17(8-14)23-11-25-28)26-19-18-15(22-10-24-19)9-21-20(27-18)32(2,29)30/h3-11H,1-2H3,(H,22,24,26). The number of fused-ring (bicyclic) bond motifs is 2. The Labute approximate surface area is 182 Å². The fourth-order valence-corrected chi connectivity index (χ4v) is 3.57. The summed E-state index contributed by atoms with van der Waals surface area (Å²) in [5, 5.41) is 6.95. The molecule has 5 rings (SSSR count). The number of nitrogens with zero attached hydrogens (tertiary/aromatic N) is 7. The molecule has 0 saturated carbocycles. The molecule has 0 unspecified atom stereocenters. The van der Waals surface area contributed by atoms with E-state index in [1.807, 2.05) is 25.1 Å². The monoisotopic (exact) mass is 448 g/mol. The van der Waals surface area contributed by atoms with Crippen molar-refractivity contribution in [3.05, 3.63) is 60.9 Å². The van der Waals surface area contributed by atoms with Gasteiger partial charge in [0.1, 0.15) is 35.2 Å². The highest BCUT2D eigenvalue weighted by atomic mass is 32.2. The predicted octanol–water partition coefficient (Wildman–Crippen LogP) is 2.71. The fourth-order valence-electron chi connectivity index (χ4n) is 3.07. The summed E-state index contributed by atoms with van der Waals surface area (Å²) in [7, 11) is -3.57. The van der Waals surface area contributed by atoms with Crippen LogP contribution in [-0.2, 0) is 9.84 Å². The highest BCUT2D eigenvalue weighted by Crippen LogP contribution is 2.29.